The van der Waals surface area contributed by atoms with Crippen LogP contribution in [0.1, 0.15) is 26.7 Å². The first kappa shape index (κ1) is 11.5. The zero-order chi connectivity index (χ0) is 11.4. The molecule has 0 radical (unpaired) electrons. The summed E-state index contributed by atoms with van der Waals surface area (Å²) in [6.45, 7) is 7.09. The summed E-state index contributed by atoms with van der Waals surface area (Å²) in [5.41, 5.74) is 0. The second-order valence-corrected chi connectivity index (χ2v) is 4.85. The van der Waals surface area contributed by atoms with Crippen LogP contribution >= 0.6 is 0 Å². The van der Waals surface area contributed by atoms with Crippen LogP contribution in [0.25, 0.3) is 0 Å². The fourth-order valence-electron chi connectivity index (χ4n) is 2.01. The van der Waals surface area contributed by atoms with Gasteiger partial charge in [0.05, 0.1) is 18.8 Å². The Morgan fingerprint density at radius 3 is 3.19 bits per heavy atom. The molecule has 1 atom stereocenters. The minimum atomic E-state index is 0.441. The molecule has 0 aliphatic carbocycles. The molecule has 2 heterocycles. The van der Waals surface area contributed by atoms with Crippen LogP contribution in [0.5, 0.6) is 0 Å². The van der Waals surface area contributed by atoms with E-state index in [4.69, 9.17) is 4.74 Å². The smallest absolute Gasteiger partial charge is 0.124 e. The van der Waals surface area contributed by atoms with E-state index in [1.807, 2.05) is 16.9 Å². The molecule has 4 heteroatoms. The molecular formula is C12H21N3O. The zero-order valence-electron chi connectivity index (χ0n) is 10.1. The molecule has 1 aliphatic heterocycles. The van der Waals surface area contributed by atoms with Crippen LogP contribution in [0.4, 0.5) is 5.82 Å². The summed E-state index contributed by atoms with van der Waals surface area (Å²) >= 11 is 0. The second-order valence-electron chi connectivity index (χ2n) is 4.85. The van der Waals surface area contributed by atoms with Crippen LogP contribution in [0.2, 0.25) is 0 Å². The SMILES string of the molecule is CC(C)Cn1nccc1NC1CCCOC1. The van der Waals surface area contributed by atoms with E-state index in [-0.39, 0.29) is 0 Å². The lowest BCUT2D eigenvalue weighted by atomic mass is 10.1. The van der Waals surface area contributed by atoms with Crippen molar-refractivity contribution in [2.75, 3.05) is 18.5 Å². The minimum absolute atomic E-state index is 0.441. The number of aromatic nitrogens is 2. The Morgan fingerprint density at radius 2 is 2.50 bits per heavy atom. The van der Waals surface area contributed by atoms with Gasteiger partial charge in [-0.15, -0.1) is 0 Å². The summed E-state index contributed by atoms with van der Waals surface area (Å²) < 4.78 is 7.50. The molecule has 1 aromatic heterocycles. The Bertz CT molecular complexity index is 316. The van der Waals surface area contributed by atoms with E-state index in [0.717, 1.165) is 32.0 Å². The molecule has 0 saturated carbocycles. The van der Waals surface area contributed by atoms with E-state index in [1.54, 1.807) is 0 Å². The molecule has 1 unspecified atom stereocenters. The van der Waals surface area contributed by atoms with E-state index in [1.165, 1.54) is 6.42 Å². The van der Waals surface area contributed by atoms with E-state index < -0.39 is 0 Å². The number of nitrogens with one attached hydrogen (secondary N) is 1. The molecule has 1 fully saturated rings. The molecule has 16 heavy (non-hydrogen) atoms. The Balaban J connectivity index is 1.94. The second kappa shape index (κ2) is 5.34. The van der Waals surface area contributed by atoms with Gasteiger partial charge in [0.25, 0.3) is 0 Å². The molecule has 90 valence electrons. The van der Waals surface area contributed by atoms with E-state index >= 15 is 0 Å². The van der Waals surface area contributed by atoms with Gasteiger partial charge in [-0.3, -0.25) is 0 Å². The largest absolute Gasteiger partial charge is 0.379 e. The summed E-state index contributed by atoms with van der Waals surface area (Å²) in [7, 11) is 0. The monoisotopic (exact) mass is 223 g/mol. The number of anilines is 1. The quantitative estimate of drug-likeness (QED) is 0.850. The minimum Gasteiger partial charge on any atom is -0.379 e. The third-order valence-electron chi connectivity index (χ3n) is 2.77. The van der Waals surface area contributed by atoms with Crippen molar-refractivity contribution in [2.24, 2.45) is 5.92 Å². The maximum Gasteiger partial charge on any atom is 0.124 e. The van der Waals surface area contributed by atoms with E-state index in [0.29, 0.717) is 12.0 Å². The van der Waals surface area contributed by atoms with Crippen LogP contribution < -0.4 is 5.32 Å². The molecule has 1 N–H and O–H groups in total. The highest BCUT2D eigenvalue weighted by atomic mass is 16.5. The molecule has 0 aromatic carbocycles. The van der Waals surface area contributed by atoms with Gasteiger partial charge in [0.15, 0.2) is 0 Å². The molecular weight excluding hydrogens is 202 g/mol. The fraction of sp³-hybridized carbons (Fsp3) is 0.750. The standard InChI is InChI=1S/C12H21N3O/c1-10(2)8-15-12(5-6-13-15)14-11-4-3-7-16-9-11/h5-6,10-11,14H,3-4,7-9H2,1-2H3. The van der Waals surface area contributed by atoms with E-state index in [2.05, 4.69) is 24.3 Å². The summed E-state index contributed by atoms with van der Waals surface area (Å²) in [4.78, 5) is 0. The van der Waals surface area contributed by atoms with Crippen molar-refractivity contribution < 1.29 is 4.74 Å². The Morgan fingerprint density at radius 1 is 1.62 bits per heavy atom. The first-order valence-electron chi connectivity index (χ1n) is 6.12. The molecule has 0 amide bonds. The maximum atomic E-state index is 5.46. The predicted octanol–water partition coefficient (Wildman–Crippen LogP) is 2.13. The van der Waals surface area contributed by atoms with Crippen molar-refractivity contribution in [3.05, 3.63) is 12.3 Å². The lowest BCUT2D eigenvalue weighted by Gasteiger charge is -2.24. The molecule has 2 rings (SSSR count). The van der Waals surface area contributed by atoms with Gasteiger partial charge < -0.3 is 10.1 Å². The van der Waals surface area contributed by atoms with Gasteiger partial charge in [0.2, 0.25) is 0 Å². The highest BCUT2D eigenvalue weighted by molar-refractivity contribution is 5.35. The van der Waals surface area contributed by atoms with Crippen LogP contribution in [0, 0.1) is 5.92 Å². The van der Waals surface area contributed by atoms with Crippen molar-refractivity contribution in [2.45, 2.75) is 39.3 Å². The highest BCUT2D eigenvalue weighted by Crippen LogP contribution is 2.15. The van der Waals surface area contributed by atoms with Crippen molar-refractivity contribution in [1.29, 1.82) is 0 Å². The third kappa shape index (κ3) is 2.98. The Labute approximate surface area is 97.0 Å². The van der Waals surface area contributed by atoms with Crippen LogP contribution in [0.3, 0.4) is 0 Å². The number of hydrogen-bond acceptors (Lipinski definition) is 3. The first-order chi connectivity index (χ1) is 7.75. The topological polar surface area (TPSA) is 39.1 Å². The van der Waals surface area contributed by atoms with Gasteiger partial charge >= 0.3 is 0 Å². The normalized spacial score (nSPS) is 21.3. The molecule has 1 aliphatic rings. The molecule has 1 saturated heterocycles. The number of nitrogens with zero attached hydrogens (tertiary/aromatic N) is 2. The van der Waals surface area contributed by atoms with Gasteiger partial charge in [0.1, 0.15) is 5.82 Å². The highest BCUT2D eigenvalue weighted by Gasteiger charge is 2.15. The van der Waals surface area contributed by atoms with Gasteiger partial charge in [-0.1, -0.05) is 13.8 Å². The van der Waals surface area contributed by atoms with E-state index in [9.17, 15) is 0 Å². The summed E-state index contributed by atoms with van der Waals surface area (Å²) in [6.07, 6.45) is 4.19. The van der Waals surface area contributed by atoms with Gasteiger partial charge in [-0.05, 0) is 18.8 Å². The summed E-state index contributed by atoms with van der Waals surface area (Å²) in [5.74, 6) is 1.73. The number of rotatable bonds is 4. The Hall–Kier alpha value is -1.03. The predicted molar refractivity (Wildman–Crippen MR) is 64.5 cm³/mol. The van der Waals surface area contributed by atoms with Gasteiger partial charge in [0, 0.05) is 19.2 Å². The van der Waals surface area contributed by atoms with Gasteiger partial charge in [-0.25, -0.2) is 4.68 Å². The van der Waals surface area contributed by atoms with Gasteiger partial charge in [-0.2, -0.15) is 5.10 Å². The first-order valence-corrected chi connectivity index (χ1v) is 6.12. The Kier molecular flexibility index (Phi) is 3.83. The maximum absolute atomic E-state index is 5.46. The third-order valence-corrected chi connectivity index (χ3v) is 2.77. The van der Waals surface area contributed by atoms with Crippen molar-refractivity contribution in [3.8, 4) is 0 Å². The van der Waals surface area contributed by atoms with Crippen LogP contribution in [-0.2, 0) is 11.3 Å². The van der Waals surface area contributed by atoms with Crippen molar-refractivity contribution in [3.63, 3.8) is 0 Å². The number of hydrogen-bond donors (Lipinski definition) is 1. The zero-order valence-corrected chi connectivity index (χ0v) is 10.1. The van der Waals surface area contributed by atoms with Crippen LogP contribution in [0.15, 0.2) is 12.3 Å². The lowest BCUT2D eigenvalue weighted by molar-refractivity contribution is 0.0873. The van der Waals surface area contributed by atoms with Crippen molar-refractivity contribution >= 4 is 5.82 Å². The molecule has 4 nitrogen and oxygen atoms in total. The molecule has 0 bridgehead atoms. The fourth-order valence-corrected chi connectivity index (χ4v) is 2.01. The lowest BCUT2D eigenvalue weighted by Crippen LogP contribution is -2.31. The number of ether oxygens (including phenoxy) is 1. The molecule has 0 spiro atoms. The average molecular weight is 223 g/mol. The summed E-state index contributed by atoms with van der Waals surface area (Å²) in [5, 5.41) is 7.85. The summed E-state index contributed by atoms with van der Waals surface area (Å²) in [6, 6.07) is 2.48. The molecule has 1 aromatic rings. The van der Waals surface area contributed by atoms with Crippen molar-refractivity contribution in [1.82, 2.24) is 9.78 Å². The van der Waals surface area contributed by atoms with Crippen LogP contribution in [-0.4, -0.2) is 29.0 Å². The average Bonchev–Trinajstić information content (AvgIpc) is 2.66.